The van der Waals surface area contributed by atoms with Gasteiger partial charge in [0.1, 0.15) is 4.92 Å². The lowest BCUT2D eigenvalue weighted by Crippen LogP contribution is -2.33. The van der Waals surface area contributed by atoms with Crippen LogP contribution in [0.25, 0.3) is 10.2 Å². The van der Waals surface area contributed by atoms with Crippen LogP contribution in [0.1, 0.15) is 28.1 Å². The maximum atomic E-state index is 13.0. The fraction of sp³-hybridized carbons (Fsp3) is 0.368. The van der Waals surface area contributed by atoms with E-state index in [4.69, 9.17) is 9.40 Å². The van der Waals surface area contributed by atoms with Gasteiger partial charge in [0.05, 0.1) is 16.3 Å². The summed E-state index contributed by atoms with van der Waals surface area (Å²) in [5, 5.41) is 11.4. The van der Waals surface area contributed by atoms with E-state index in [0.717, 1.165) is 34.3 Å². The van der Waals surface area contributed by atoms with Crippen LogP contribution in [-0.4, -0.2) is 47.9 Å². The van der Waals surface area contributed by atoms with Gasteiger partial charge in [-0.3, -0.25) is 19.8 Å². The van der Waals surface area contributed by atoms with Gasteiger partial charge in [-0.25, -0.2) is 4.98 Å². The molecule has 3 aromatic rings. The van der Waals surface area contributed by atoms with Crippen molar-refractivity contribution in [2.45, 2.75) is 20.3 Å². The number of carbonyl (C=O) groups excluding carboxylic acids is 1. The predicted octanol–water partition coefficient (Wildman–Crippen LogP) is 4.01. The van der Waals surface area contributed by atoms with E-state index in [1.807, 2.05) is 45.0 Å². The molecule has 0 aliphatic heterocycles. The molecule has 0 N–H and O–H groups in total. The SMILES string of the molecule is Cc1ccc2sc(N(CCCN(C)C)C(=O)c3ccc([N+](=O)[O-])o3)nc2c1C. The first-order valence-corrected chi connectivity index (χ1v) is 9.67. The summed E-state index contributed by atoms with van der Waals surface area (Å²) in [5.41, 5.74) is 3.08. The van der Waals surface area contributed by atoms with Crippen molar-refractivity contribution in [3.05, 3.63) is 51.3 Å². The molecule has 2 heterocycles. The molecular formula is C19H22N4O4S. The van der Waals surface area contributed by atoms with Crippen LogP contribution in [0.4, 0.5) is 11.0 Å². The normalized spacial score (nSPS) is 11.3. The second kappa shape index (κ2) is 8.07. The van der Waals surface area contributed by atoms with Crippen molar-refractivity contribution < 1.29 is 14.1 Å². The molecular weight excluding hydrogens is 380 g/mol. The quantitative estimate of drug-likeness (QED) is 0.438. The summed E-state index contributed by atoms with van der Waals surface area (Å²) in [4.78, 5) is 31.5. The number of anilines is 1. The molecule has 0 aliphatic carbocycles. The van der Waals surface area contributed by atoms with Crippen LogP contribution in [0, 0.1) is 24.0 Å². The van der Waals surface area contributed by atoms with Crippen molar-refractivity contribution in [1.82, 2.24) is 9.88 Å². The zero-order chi connectivity index (χ0) is 20.4. The van der Waals surface area contributed by atoms with Crippen molar-refractivity contribution in [3.63, 3.8) is 0 Å². The lowest BCUT2D eigenvalue weighted by atomic mass is 10.1. The maximum absolute atomic E-state index is 13.0. The molecule has 1 amide bonds. The van der Waals surface area contributed by atoms with E-state index in [0.29, 0.717) is 11.7 Å². The number of fused-ring (bicyclic) bond motifs is 1. The number of thiazole rings is 1. The van der Waals surface area contributed by atoms with Gasteiger partial charge in [-0.05, 0) is 64.2 Å². The first-order valence-electron chi connectivity index (χ1n) is 8.85. The number of rotatable bonds is 7. The van der Waals surface area contributed by atoms with Gasteiger partial charge in [-0.2, -0.15) is 0 Å². The van der Waals surface area contributed by atoms with Crippen LogP contribution >= 0.6 is 11.3 Å². The molecule has 28 heavy (non-hydrogen) atoms. The number of aryl methyl sites for hydroxylation is 2. The monoisotopic (exact) mass is 402 g/mol. The number of hydrogen-bond donors (Lipinski definition) is 0. The smallest absolute Gasteiger partial charge is 0.395 e. The van der Waals surface area contributed by atoms with Gasteiger partial charge in [0.2, 0.25) is 0 Å². The Labute approximate surface area is 166 Å². The maximum Gasteiger partial charge on any atom is 0.433 e. The molecule has 0 fully saturated rings. The molecule has 0 saturated heterocycles. The molecule has 0 saturated carbocycles. The number of carbonyl (C=O) groups is 1. The zero-order valence-electron chi connectivity index (χ0n) is 16.3. The average Bonchev–Trinajstić information content (AvgIpc) is 3.28. The molecule has 148 valence electrons. The van der Waals surface area contributed by atoms with Gasteiger partial charge in [-0.15, -0.1) is 0 Å². The Morgan fingerprint density at radius 3 is 2.61 bits per heavy atom. The van der Waals surface area contributed by atoms with Crippen molar-refractivity contribution in [2.75, 3.05) is 32.1 Å². The lowest BCUT2D eigenvalue weighted by molar-refractivity contribution is -0.402. The standard InChI is InChI=1S/C19H22N4O4S/c1-12-6-8-15-17(13(12)2)20-19(28-15)22(11-5-10-21(3)4)18(24)14-7-9-16(27-14)23(25)26/h6-9H,5,10-11H2,1-4H3. The number of furan rings is 1. The van der Waals surface area contributed by atoms with Crippen molar-refractivity contribution in [1.29, 1.82) is 0 Å². The summed E-state index contributed by atoms with van der Waals surface area (Å²) in [6.07, 6.45) is 0.732. The second-order valence-electron chi connectivity index (χ2n) is 6.86. The molecule has 8 nitrogen and oxygen atoms in total. The minimum Gasteiger partial charge on any atom is -0.395 e. The van der Waals surface area contributed by atoms with E-state index in [1.165, 1.54) is 23.5 Å². The van der Waals surface area contributed by atoms with Crippen LogP contribution in [0.3, 0.4) is 0 Å². The molecule has 3 rings (SSSR count). The van der Waals surface area contributed by atoms with Gasteiger partial charge in [0.25, 0.3) is 5.91 Å². The van der Waals surface area contributed by atoms with Gasteiger partial charge in [-0.1, -0.05) is 17.4 Å². The van der Waals surface area contributed by atoms with Crippen molar-refractivity contribution in [3.8, 4) is 0 Å². The minimum atomic E-state index is -0.656. The third-order valence-electron chi connectivity index (χ3n) is 4.52. The minimum absolute atomic E-state index is 0.0660. The number of hydrogen-bond acceptors (Lipinski definition) is 7. The third-order valence-corrected chi connectivity index (χ3v) is 5.56. The first kappa shape index (κ1) is 20.0. The number of amides is 1. The summed E-state index contributed by atoms with van der Waals surface area (Å²) < 4.78 is 6.12. The second-order valence-corrected chi connectivity index (χ2v) is 7.87. The third kappa shape index (κ3) is 4.05. The van der Waals surface area contributed by atoms with Gasteiger partial charge < -0.3 is 9.32 Å². The van der Waals surface area contributed by atoms with E-state index < -0.39 is 16.7 Å². The highest BCUT2D eigenvalue weighted by atomic mass is 32.1. The van der Waals surface area contributed by atoms with Gasteiger partial charge in [0, 0.05) is 6.54 Å². The highest BCUT2D eigenvalue weighted by Gasteiger charge is 2.26. The number of nitrogens with zero attached hydrogens (tertiary/aromatic N) is 4. The van der Waals surface area contributed by atoms with E-state index in [2.05, 4.69) is 0 Å². The predicted molar refractivity (Wildman–Crippen MR) is 109 cm³/mol. The Morgan fingerprint density at radius 1 is 1.21 bits per heavy atom. The molecule has 0 radical (unpaired) electrons. The van der Waals surface area contributed by atoms with E-state index >= 15 is 0 Å². The number of nitro groups is 1. The van der Waals surface area contributed by atoms with Crippen LogP contribution < -0.4 is 4.90 Å². The molecule has 2 aromatic heterocycles. The largest absolute Gasteiger partial charge is 0.433 e. The molecule has 0 bridgehead atoms. The molecule has 1 aromatic carbocycles. The van der Waals surface area contributed by atoms with Gasteiger partial charge in [0.15, 0.2) is 10.9 Å². The summed E-state index contributed by atoms with van der Waals surface area (Å²) in [7, 11) is 3.93. The van der Waals surface area contributed by atoms with Gasteiger partial charge >= 0.3 is 5.88 Å². The topological polar surface area (TPSA) is 92.7 Å². The molecule has 0 spiro atoms. The van der Waals surface area contributed by atoms with Crippen LogP contribution in [-0.2, 0) is 0 Å². The summed E-state index contributed by atoms with van der Waals surface area (Å²) >= 11 is 1.43. The molecule has 0 unspecified atom stereocenters. The Kier molecular flexibility index (Phi) is 5.76. The highest BCUT2D eigenvalue weighted by molar-refractivity contribution is 7.22. The Balaban J connectivity index is 1.97. The Hall–Kier alpha value is -2.78. The average molecular weight is 402 g/mol. The molecule has 9 heteroatoms. The van der Waals surface area contributed by atoms with Crippen LogP contribution in [0.2, 0.25) is 0 Å². The Bertz CT molecular complexity index is 1020. The fourth-order valence-electron chi connectivity index (χ4n) is 2.83. The highest BCUT2D eigenvalue weighted by Crippen LogP contribution is 2.33. The fourth-order valence-corrected chi connectivity index (χ4v) is 3.88. The molecule has 0 aliphatic rings. The summed E-state index contributed by atoms with van der Waals surface area (Å²) in [6, 6.07) is 6.56. The first-order chi connectivity index (χ1) is 13.3. The summed E-state index contributed by atoms with van der Waals surface area (Å²) in [5.74, 6) is -0.948. The number of aromatic nitrogens is 1. The van der Waals surface area contributed by atoms with Crippen LogP contribution in [0.15, 0.2) is 28.7 Å². The lowest BCUT2D eigenvalue weighted by Gasteiger charge is -2.19. The Morgan fingerprint density at radius 2 is 1.96 bits per heavy atom. The van der Waals surface area contributed by atoms with Crippen molar-refractivity contribution >= 4 is 38.5 Å². The molecule has 0 atom stereocenters. The van der Waals surface area contributed by atoms with E-state index in [1.54, 1.807) is 4.90 Å². The van der Waals surface area contributed by atoms with E-state index in [9.17, 15) is 14.9 Å². The zero-order valence-corrected chi connectivity index (χ0v) is 17.1. The number of benzene rings is 1. The summed E-state index contributed by atoms with van der Waals surface area (Å²) in [6.45, 7) is 5.26. The van der Waals surface area contributed by atoms with E-state index in [-0.39, 0.29) is 5.76 Å². The van der Waals surface area contributed by atoms with Crippen LogP contribution in [0.5, 0.6) is 0 Å². The van der Waals surface area contributed by atoms with Crippen molar-refractivity contribution in [2.24, 2.45) is 0 Å².